The quantitative estimate of drug-likeness (QED) is 0.354. The third-order valence-corrected chi connectivity index (χ3v) is 7.03. The van der Waals surface area contributed by atoms with E-state index in [2.05, 4.69) is 15.6 Å². The molecule has 4 fully saturated rings. The van der Waals surface area contributed by atoms with Gasteiger partial charge in [0.05, 0.1) is 12.0 Å². The molecule has 3 saturated carbocycles. The topological polar surface area (TPSA) is 45.7 Å². The molecule has 0 aromatic carbocycles. The van der Waals surface area contributed by atoms with Crippen LogP contribution in [-0.4, -0.2) is 44.0 Å². The molecule has 5 unspecified atom stereocenters. The summed E-state index contributed by atoms with van der Waals surface area (Å²) >= 11 is 0. The van der Waals surface area contributed by atoms with Gasteiger partial charge in [0.25, 0.3) is 0 Å². The van der Waals surface area contributed by atoms with Crippen LogP contribution >= 0.6 is 24.0 Å². The number of guanidine groups is 1. The van der Waals surface area contributed by atoms with Gasteiger partial charge >= 0.3 is 6.18 Å². The van der Waals surface area contributed by atoms with Crippen LogP contribution in [0.3, 0.4) is 0 Å². The predicted octanol–water partition coefficient (Wildman–Crippen LogP) is 3.85. The Bertz CT molecular complexity index is 538. The van der Waals surface area contributed by atoms with Gasteiger partial charge in [-0.2, -0.15) is 13.2 Å². The molecule has 0 radical (unpaired) electrons. The first-order valence-corrected chi connectivity index (χ1v) is 9.62. The van der Waals surface area contributed by atoms with E-state index >= 15 is 0 Å². The molecule has 1 saturated heterocycles. The molecule has 0 aromatic rings. The highest BCUT2D eigenvalue weighted by molar-refractivity contribution is 14.0. The summed E-state index contributed by atoms with van der Waals surface area (Å²) in [5, 5.41) is 6.82. The predicted molar refractivity (Wildman–Crippen MR) is 105 cm³/mol. The Kier molecular flexibility index (Phi) is 6.02. The molecule has 4 nitrogen and oxygen atoms in total. The number of fused-ring (bicyclic) bond motifs is 2. The summed E-state index contributed by atoms with van der Waals surface area (Å²) in [6.07, 6.45) is 2.76. The summed E-state index contributed by atoms with van der Waals surface area (Å²) in [6, 6.07) is 0.196. The minimum absolute atomic E-state index is 0. The minimum Gasteiger partial charge on any atom is -0.377 e. The van der Waals surface area contributed by atoms with Gasteiger partial charge in [-0.25, -0.2) is 0 Å². The molecular weight excluding hydrogens is 458 g/mol. The maximum Gasteiger partial charge on any atom is 0.391 e. The van der Waals surface area contributed by atoms with Gasteiger partial charge in [-0.15, -0.1) is 24.0 Å². The van der Waals surface area contributed by atoms with E-state index in [4.69, 9.17) is 4.74 Å². The maximum atomic E-state index is 13.0. The van der Waals surface area contributed by atoms with Crippen molar-refractivity contribution in [3.05, 3.63) is 0 Å². The van der Waals surface area contributed by atoms with Crippen molar-refractivity contribution in [3.8, 4) is 0 Å². The van der Waals surface area contributed by atoms with Gasteiger partial charge in [-0.3, -0.25) is 4.99 Å². The number of ether oxygens (including phenoxy) is 1. The minimum atomic E-state index is -4.09. The van der Waals surface area contributed by atoms with Gasteiger partial charge < -0.3 is 15.4 Å². The zero-order valence-corrected chi connectivity index (χ0v) is 17.5. The number of hydrogen-bond acceptors (Lipinski definition) is 2. The lowest BCUT2D eigenvalue weighted by atomic mass is 9.46. The van der Waals surface area contributed by atoms with Gasteiger partial charge in [-0.05, 0) is 38.5 Å². The summed E-state index contributed by atoms with van der Waals surface area (Å²) in [7, 11) is 1.70. The molecule has 2 N–H and O–H groups in total. The normalized spacial score (nSPS) is 38.6. The lowest BCUT2D eigenvalue weighted by Crippen LogP contribution is -2.72. The molecule has 4 rings (SSSR count). The zero-order valence-electron chi connectivity index (χ0n) is 15.1. The van der Waals surface area contributed by atoms with E-state index in [1.807, 2.05) is 0 Å². The van der Waals surface area contributed by atoms with Crippen LogP contribution in [0.15, 0.2) is 4.99 Å². The molecule has 8 heteroatoms. The van der Waals surface area contributed by atoms with Crippen molar-refractivity contribution in [2.24, 2.45) is 22.2 Å². The number of halogens is 4. The number of rotatable bonds is 2. The third kappa shape index (κ3) is 3.44. The molecule has 3 aliphatic carbocycles. The Balaban J connectivity index is 0.00000196. The Morgan fingerprint density at radius 3 is 2.50 bits per heavy atom. The fourth-order valence-corrected chi connectivity index (χ4v) is 5.59. The van der Waals surface area contributed by atoms with E-state index in [0.29, 0.717) is 30.4 Å². The van der Waals surface area contributed by atoms with Gasteiger partial charge in [0.1, 0.15) is 0 Å². The van der Waals surface area contributed by atoms with Crippen molar-refractivity contribution in [2.75, 3.05) is 13.7 Å². The van der Waals surface area contributed by atoms with E-state index < -0.39 is 12.1 Å². The molecule has 1 aliphatic heterocycles. The van der Waals surface area contributed by atoms with Gasteiger partial charge in [-0.1, -0.05) is 12.8 Å². The van der Waals surface area contributed by atoms with Crippen molar-refractivity contribution < 1.29 is 17.9 Å². The summed E-state index contributed by atoms with van der Waals surface area (Å²) in [5.74, 6) is -0.00581. The highest BCUT2D eigenvalue weighted by Gasteiger charge is 2.66. The standard InChI is InChI=1S/C18H28F3N3O.HI/c1-22-16(23-12-5-2-4-11(10-12)18(19,20)21)24-14-13-6-9-25-15(13)17(14)7-3-8-17;/h11-15H,2-10H2,1H3,(H2,22,23,24);1H. The SMILES string of the molecule is CN=C(NC1CCCC(C(F)(F)F)C1)NC1C2CCOC2C12CCC2.I. The lowest BCUT2D eigenvalue weighted by Gasteiger charge is -2.63. The van der Waals surface area contributed by atoms with Crippen molar-refractivity contribution in [1.29, 1.82) is 0 Å². The fraction of sp³-hybridized carbons (Fsp3) is 0.944. The van der Waals surface area contributed by atoms with Crippen LogP contribution in [0.25, 0.3) is 0 Å². The number of aliphatic imine (C=N–C) groups is 1. The first-order chi connectivity index (χ1) is 11.9. The number of nitrogens with zero attached hydrogens (tertiary/aromatic N) is 1. The molecule has 0 amide bonds. The van der Waals surface area contributed by atoms with E-state index in [0.717, 1.165) is 19.4 Å². The van der Waals surface area contributed by atoms with Crippen LogP contribution in [0.1, 0.15) is 51.4 Å². The van der Waals surface area contributed by atoms with Crippen LogP contribution in [0, 0.1) is 17.3 Å². The molecule has 4 aliphatic rings. The van der Waals surface area contributed by atoms with E-state index in [1.54, 1.807) is 7.05 Å². The second-order valence-corrected chi connectivity index (χ2v) is 8.27. The van der Waals surface area contributed by atoms with Gasteiger partial charge in [0.2, 0.25) is 0 Å². The van der Waals surface area contributed by atoms with Gasteiger partial charge in [0, 0.05) is 37.1 Å². The summed E-state index contributed by atoms with van der Waals surface area (Å²) in [4.78, 5) is 4.30. The molecule has 0 aromatic heterocycles. The summed E-state index contributed by atoms with van der Waals surface area (Å²) in [5.41, 5.74) is 0.236. The Morgan fingerprint density at radius 2 is 1.88 bits per heavy atom. The maximum absolute atomic E-state index is 13.0. The molecule has 26 heavy (non-hydrogen) atoms. The van der Waals surface area contributed by atoms with E-state index in [9.17, 15) is 13.2 Å². The number of alkyl halides is 3. The van der Waals surface area contributed by atoms with Crippen LogP contribution in [0.5, 0.6) is 0 Å². The molecule has 1 heterocycles. The molecular formula is C18H29F3IN3O. The van der Waals surface area contributed by atoms with E-state index in [-0.39, 0.29) is 48.3 Å². The Morgan fingerprint density at radius 1 is 1.12 bits per heavy atom. The average molecular weight is 487 g/mol. The molecule has 1 spiro atoms. The Hall–Kier alpha value is -0.250. The molecule has 150 valence electrons. The van der Waals surface area contributed by atoms with Gasteiger partial charge in [0.15, 0.2) is 5.96 Å². The third-order valence-electron chi connectivity index (χ3n) is 7.03. The van der Waals surface area contributed by atoms with Crippen molar-refractivity contribution >= 4 is 29.9 Å². The first-order valence-electron chi connectivity index (χ1n) is 9.62. The summed E-state index contributed by atoms with van der Waals surface area (Å²) < 4.78 is 45.0. The second kappa shape index (κ2) is 7.64. The second-order valence-electron chi connectivity index (χ2n) is 8.27. The average Bonchev–Trinajstić information content (AvgIpc) is 2.94. The molecule has 0 bridgehead atoms. The number of hydrogen-bond donors (Lipinski definition) is 2. The van der Waals surface area contributed by atoms with Crippen molar-refractivity contribution in [2.45, 2.75) is 75.7 Å². The smallest absolute Gasteiger partial charge is 0.377 e. The van der Waals surface area contributed by atoms with Crippen LogP contribution in [0.4, 0.5) is 13.2 Å². The summed E-state index contributed by atoms with van der Waals surface area (Å²) in [6.45, 7) is 0.831. The zero-order chi connectivity index (χ0) is 17.7. The van der Waals surface area contributed by atoms with Crippen LogP contribution < -0.4 is 10.6 Å². The Labute approximate surface area is 170 Å². The van der Waals surface area contributed by atoms with E-state index in [1.165, 1.54) is 19.3 Å². The van der Waals surface area contributed by atoms with Crippen molar-refractivity contribution in [1.82, 2.24) is 10.6 Å². The molecule has 5 atom stereocenters. The number of nitrogens with one attached hydrogen (secondary N) is 2. The van der Waals surface area contributed by atoms with Crippen LogP contribution in [0.2, 0.25) is 0 Å². The fourth-order valence-electron chi connectivity index (χ4n) is 5.59. The highest BCUT2D eigenvalue weighted by atomic mass is 127. The van der Waals surface area contributed by atoms with Crippen LogP contribution in [-0.2, 0) is 4.74 Å². The largest absolute Gasteiger partial charge is 0.391 e. The monoisotopic (exact) mass is 487 g/mol. The highest BCUT2D eigenvalue weighted by Crippen LogP contribution is 2.62. The lowest BCUT2D eigenvalue weighted by molar-refractivity contribution is -0.183. The first kappa shape index (κ1) is 20.5. The van der Waals surface area contributed by atoms with Crippen molar-refractivity contribution in [3.63, 3.8) is 0 Å².